The summed E-state index contributed by atoms with van der Waals surface area (Å²) >= 11 is 0. The molecular formula is C11H19NO. The van der Waals surface area contributed by atoms with Crippen LogP contribution in [0.15, 0.2) is 24.4 Å². The van der Waals surface area contributed by atoms with Crippen molar-refractivity contribution < 1.29 is 4.74 Å². The number of rotatable bonds is 4. The summed E-state index contributed by atoms with van der Waals surface area (Å²) in [6.45, 7) is 7.55. The molecule has 1 aromatic rings. The Morgan fingerprint density at radius 3 is 2.62 bits per heavy atom. The van der Waals surface area contributed by atoms with Gasteiger partial charge in [0.1, 0.15) is 0 Å². The standard InChI is InChI=1S/C9H13NO.C2H6/c1-2-11-8-6-9-5-3-4-7-10-9;1-2/h3-5,7H,2,6,8H2,1H3;1-2H3. The predicted molar refractivity (Wildman–Crippen MR) is 55.8 cm³/mol. The highest BCUT2D eigenvalue weighted by Gasteiger charge is 1.90. The normalized spacial score (nSPS) is 8.85. The number of hydrogen-bond acceptors (Lipinski definition) is 2. The zero-order valence-corrected chi connectivity index (χ0v) is 8.79. The van der Waals surface area contributed by atoms with Crippen molar-refractivity contribution in [3.8, 4) is 0 Å². The van der Waals surface area contributed by atoms with E-state index >= 15 is 0 Å². The van der Waals surface area contributed by atoms with Gasteiger partial charge in [-0.25, -0.2) is 0 Å². The molecule has 0 atom stereocenters. The van der Waals surface area contributed by atoms with Gasteiger partial charge in [-0.2, -0.15) is 0 Å². The molecular weight excluding hydrogens is 162 g/mol. The lowest BCUT2D eigenvalue weighted by Gasteiger charge is -1.99. The van der Waals surface area contributed by atoms with Crippen LogP contribution in [0.2, 0.25) is 0 Å². The van der Waals surface area contributed by atoms with Gasteiger partial charge in [-0.3, -0.25) is 4.98 Å². The van der Waals surface area contributed by atoms with Gasteiger partial charge in [0.05, 0.1) is 6.61 Å². The number of pyridine rings is 1. The van der Waals surface area contributed by atoms with E-state index in [1.165, 1.54) is 0 Å². The van der Waals surface area contributed by atoms with Gasteiger partial charge in [0.25, 0.3) is 0 Å². The number of ether oxygens (including phenoxy) is 1. The molecule has 1 aromatic heterocycles. The van der Waals surface area contributed by atoms with Crippen LogP contribution in [0.1, 0.15) is 26.5 Å². The van der Waals surface area contributed by atoms with Crippen LogP contribution in [0.4, 0.5) is 0 Å². The molecule has 13 heavy (non-hydrogen) atoms. The molecule has 1 heterocycles. The summed E-state index contributed by atoms with van der Waals surface area (Å²) in [5.41, 5.74) is 1.10. The van der Waals surface area contributed by atoms with E-state index in [4.69, 9.17) is 4.74 Å². The highest BCUT2D eigenvalue weighted by atomic mass is 16.5. The highest BCUT2D eigenvalue weighted by molar-refractivity contribution is 5.03. The van der Waals surface area contributed by atoms with Crippen molar-refractivity contribution in [2.24, 2.45) is 0 Å². The average molecular weight is 181 g/mol. The molecule has 0 saturated carbocycles. The lowest BCUT2D eigenvalue weighted by molar-refractivity contribution is 0.150. The quantitative estimate of drug-likeness (QED) is 0.666. The Kier molecular flexibility index (Phi) is 8.57. The third-order valence-electron chi connectivity index (χ3n) is 1.43. The van der Waals surface area contributed by atoms with E-state index in [0.717, 1.165) is 25.3 Å². The van der Waals surface area contributed by atoms with Crippen molar-refractivity contribution in [2.45, 2.75) is 27.2 Å². The van der Waals surface area contributed by atoms with E-state index in [0.29, 0.717) is 0 Å². The molecule has 0 aliphatic heterocycles. The maximum absolute atomic E-state index is 5.20. The Balaban J connectivity index is 0.000000671. The molecule has 0 aromatic carbocycles. The van der Waals surface area contributed by atoms with Crippen LogP contribution in [0, 0.1) is 0 Å². The summed E-state index contributed by atoms with van der Waals surface area (Å²) in [5, 5.41) is 0. The molecule has 1 rings (SSSR count). The second kappa shape index (κ2) is 9.20. The summed E-state index contributed by atoms with van der Waals surface area (Å²) < 4.78 is 5.20. The van der Waals surface area contributed by atoms with E-state index in [1.807, 2.05) is 39.0 Å². The zero-order valence-electron chi connectivity index (χ0n) is 8.79. The maximum Gasteiger partial charge on any atom is 0.0521 e. The first-order valence-corrected chi connectivity index (χ1v) is 4.91. The fourth-order valence-corrected chi connectivity index (χ4v) is 0.867. The van der Waals surface area contributed by atoms with Crippen LogP contribution >= 0.6 is 0 Å². The molecule has 0 saturated heterocycles. The lowest BCUT2D eigenvalue weighted by atomic mass is 10.3. The maximum atomic E-state index is 5.20. The van der Waals surface area contributed by atoms with Crippen LogP contribution in [0.3, 0.4) is 0 Å². The number of aromatic nitrogens is 1. The summed E-state index contributed by atoms with van der Waals surface area (Å²) in [5.74, 6) is 0. The molecule has 0 unspecified atom stereocenters. The zero-order chi connectivity index (χ0) is 9.94. The molecule has 0 aliphatic carbocycles. The minimum absolute atomic E-state index is 0.771. The smallest absolute Gasteiger partial charge is 0.0521 e. The monoisotopic (exact) mass is 181 g/mol. The van der Waals surface area contributed by atoms with E-state index in [-0.39, 0.29) is 0 Å². The first-order valence-electron chi connectivity index (χ1n) is 4.91. The van der Waals surface area contributed by atoms with Crippen molar-refractivity contribution in [1.82, 2.24) is 4.98 Å². The van der Waals surface area contributed by atoms with Crippen molar-refractivity contribution in [1.29, 1.82) is 0 Å². The fourth-order valence-electron chi connectivity index (χ4n) is 0.867. The van der Waals surface area contributed by atoms with E-state index < -0.39 is 0 Å². The van der Waals surface area contributed by atoms with Gasteiger partial charge in [-0.15, -0.1) is 0 Å². The Bertz CT molecular complexity index is 187. The second-order valence-corrected chi connectivity index (χ2v) is 2.27. The predicted octanol–water partition coefficient (Wildman–Crippen LogP) is 2.69. The second-order valence-electron chi connectivity index (χ2n) is 2.27. The van der Waals surface area contributed by atoms with Crippen LogP contribution < -0.4 is 0 Å². The first kappa shape index (κ1) is 12.1. The van der Waals surface area contributed by atoms with Gasteiger partial charge in [0, 0.05) is 24.9 Å². The van der Waals surface area contributed by atoms with Crippen molar-refractivity contribution in [3.05, 3.63) is 30.1 Å². The number of hydrogen-bond donors (Lipinski definition) is 0. The molecule has 74 valence electrons. The topological polar surface area (TPSA) is 22.1 Å². The summed E-state index contributed by atoms with van der Waals surface area (Å²) in [6, 6.07) is 5.93. The Morgan fingerprint density at radius 1 is 1.31 bits per heavy atom. The molecule has 0 amide bonds. The lowest BCUT2D eigenvalue weighted by Crippen LogP contribution is -1.98. The molecule has 0 radical (unpaired) electrons. The van der Waals surface area contributed by atoms with Crippen LogP contribution in [-0.4, -0.2) is 18.2 Å². The molecule has 0 bridgehead atoms. The van der Waals surface area contributed by atoms with Gasteiger partial charge in [-0.1, -0.05) is 19.9 Å². The van der Waals surface area contributed by atoms with Crippen LogP contribution in [-0.2, 0) is 11.2 Å². The van der Waals surface area contributed by atoms with E-state index in [1.54, 1.807) is 6.20 Å². The van der Waals surface area contributed by atoms with E-state index in [2.05, 4.69) is 4.98 Å². The van der Waals surface area contributed by atoms with Crippen LogP contribution in [0.25, 0.3) is 0 Å². The third kappa shape index (κ3) is 6.29. The molecule has 0 aliphatic rings. The Morgan fingerprint density at radius 2 is 2.08 bits per heavy atom. The van der Waals surface area contributed by atoms with Gasteiger partial charge in [-0.05, 0) is 19.1 Å². The summed E-state index contributed by atoms with van der Waals surface area (Å²) in [6.07, 6.45) is 2.72. The van der Waals surface area contributed by atoms with Gasteiger partial charge < -0.3 is 4.74 Å². The Labute approximate surface area is 81.0 Å². The SMILES string of the molecule is CC.CCOCCc1ccccn1. The molecule has 0 spiro atoms. The molecule has 0 fully saturated rings. The Hall–Kier alpha value is -0.890. The van der Waals surface area contributed by atoms with Crippen LogP contribution in [0.5, 0.6) is 0 Å². The number of nitrogens with zero attached hydrogens (tertiary/aromatic N) is 1. The molecule has 0 N–H and O–H groups in total. The largest absolute Gasteiger partial charge is 0.381 e. The first-order chi connectivity index (χ1) is 6.43. The van der Waals surface area contributed by atoms with Gasteiger partial charge in [0.15, 0.2) is 0 Å². The van der Waals surface area contributed by atoms with Crippen molar-refractivity contribution in [2.75, 3.05) is 13.2 Å². The molecule has 2 nitrogen and oxygen atoms in total. The van der Waals surface area contributed by atoms with Crippen molar-refractivity contribution in [3.63, 3.8) is 0 Å². The summed E-state index contributed by atoms with van der Waals surface area (Å²) in [4.78, 5) is 4.17. The highest BCUT2D eigenvalue weighted by Crippen LogP contribution is 1.94. The van der Waals surface area contributed by atoms with E-state index in [9.17, 15) is 0 Å². The van der Waals surface area contributed by atoms with Gasteiger partial charge >= 0.3 is 0 Å². The minimum Gasteiger partial charge on any atom is -0.381 e. The fraction of sp³-hybridized carbons (Fsp3) is 0.545. The summed E-state index contributed by atoms with van der Waals surface area (Å²) in [7, 11) is 0. The average Bonchev–Trinajstić information content (AvgIpc) is 2.23. The molecule has 2 heteroatoms. The van der Waals surface area contributed by atoms with Crippen molar-refractivity contribution >= 4 is 0 Å². The van der Waals surface area contributed by atoms with Gasteiger partial charge in [0.2, 0.25) is 0 Å². The third-order valence-corrected chi connectivity index (χ3v) is 1.43. The minimum atomic E-state index is 0.771.